The maximum atomic E-state index is 12.2. The van der Waals surface area contributed by atoms with Gasteiger partial charge in [-0.1, -0.05) is 60.7 Å². The summed E-state index contributed by atoms with van der Waals surface area (Å²) >= 11 is 12.1. The van der Waals surface area contributed by atoms with Crippen LogP contribution in [0.3, 0.4) is 0 Å². The number of rotatable bonds is 5. The molecule has 2 rings (SSSR count). The first kappa shape index (κ1) is 14.8. The van der Waals surface area contributed by atoms with Crippen molar-refractivity contribution < 1.29 is 9.59 Å². The van der Waals surface area contributed by atoms with Crippen LogP contribution in [0.15, 0.2) is 60.7 Å². The molecule has 102 valence electrons. The molecule has 0 aliphatic carbocycles. The number of halogens is 2. The fraction of sp³-hybridized carbons (Fsp3) is 0.125. The average molecular weight is 307 g/mol. The molecule has 2 atom stereocenters. The van der Waals surface area contributed by atoms with E-state index in [2.05, 4.69) is 0 Å². The molecule has 0 spiro atoms. The number of ketones is 2. The summed E-state index contributed by atoms with van der Waals surface area (Å²) < 4.78 is 0. The highest BCUT2D eigenvalue weighted by atomic mass is 35.5. The van der Waals surface area contributed by atoms with Gasteiger partial charge in [-0.2, -0.15) is 0 Å². The van der Waals surface area contributed by atoms with Crippen LogP contribution in [-0.2, 0) is 4.79 Å². The molecule has 20 heavy (non-hydrogen) atoms. The Hall–Kier alpha value is -1.64. The van der Waals surface area contributed by atoms with Crippen LogP contribution in [0, 0.1) is 0 Å². The first-order valence-electron chi connectivity index (χ1n) is 6.07. The lowest BCUT2D eigenvalue weighted by Gasteiger charge is -2.12. The summed E-state index contributed by atoms with van der Waals surface area (Å²) in [7, 11) is 0. The lowest BCUT2D eigenvalue weighted by molar-refractivity contribution is -0.117. The summed E-state index contributed by atoms with van der Waals surface area (Å²) in [5.74, 6) is -0.938. The number of carbonyl (C=O) groups is 2. The Morgan fingerprint density at radius 1 is 0.800 bits per heavy atom. The number of hydrogen-bond acceptors (Lipinski definition) is 2. The van der Waals surface area contributed by atoms with Gasteiger partial charge in [-0.3, -0.25) is 9.59 Å². The van der Waals surface area contributed by atoms with Crippen LogP contribution in [0.1, 0.15) is 21.3 Å². The molecule has 0 aliphatic heterocycles. The molecule has 0 saturated carbocycles. The van der Waals surface area contributed by atoms with Crippen LogP contribution in [0.4, 0.5) is 0 Å². The lowest BCUT2D eigenvalue weighted by Crippen LogP contribution is -2.27. The van der Waals surface area contributed by atoms with Crippen LogP contribution >= 0.6 is 23.2 Å². The quantitative estimate of drug-likeness (QED) is 0.475. The Morgan fingerprint density at radius 3 is 1.85 bits per heavy atom. The van der Waals surface area contributed by atoms with Crippen LogP contribution < -0.4 is 0 Å². The Morgan fingerprint density at radius 2 is 1.30 bits per heavy atom. The van der Waals surface area contributed by atoms with E-state index in [0.29, 0.717) is 11.1 Å². The Balaban J connectivity index is 2.15. The zero-order valence-electron chi connectivity index (χ0n) is 10.5. The molecule has 0 fully saturated rings. The number of carbonyl (C=O) groups excluding carboxylic acids is 2. The second-order valence-electron chi connectivity index (χ2n) is 4.27. The smallest absolute Gasteiger partial charge is 0.188 e. The normalized spacial score (nSPS) is 13.5. The molecular formula is C16H12Cl2O2. The molecule has 2 aromatic carbocycles. The minimum atomic E-state index is -1.28. The zero-order valence-corrected chi connectivity index (χ0v) is 12.0. The van der Waals surface area contributed by atoms with Crippen molar-refractivity contribution in [3.8, 4) is 0 Å². The van der Waals surface area contributed by atoms with Crippen molar-refractivity contribution >= 4 is 34.8 Å². The van der Waals surface area contributed by atoms with Gasteiger partial charge >= 0.3 is 0 Å². The van der Waals surface area contributed by atoms with Crippen molar-refractivity contribution in [2.24, 2.45) is 0 Å². The molecule has 0 radical (unpaired) electrons. The summed E-state index contributed by atoms with van der Waals surface area (Å²) in [6.45, 7) is 0. The first-order valence-corrected chi connectivity index (χ1v) is 6.94. The van der Waals surface area contributed by atoms with E-state index in [1.807, 2.05) is 6.07 Å². The minimum Gasteiger partial charge on any atom is -0.295 e. The highest BCUT2D eigenvalue weighted by Gasteiger charge is 2.30. The lowest BCUT2D eigenvalue weighted by atomic mass is 10.0. The van der Waals surface area contributed by atoms with E-state index >= 15 is 0 Å². The van der Waals surface area contributed by atoms with Crippen molar-refractivity contribution in [2.75, 3.05) is 0 Å². The largest absolute Gasteiger partial charge is 0.295 e. The van der Waals surface area contributed by atoms with E-state index in [4.69, 9.17) is 23.2 Å². The fourth-order valence-corrected chi connectivity index (χ4v) is 2.38. The van der Waals surface area contributed by atoms with E-state index in [1.54, 1.807) is 54.6 Å². The molecule has 0 aliphatic rings. The van der Waals surface area contributed by atoms with Crippen LogP contribution in [0.25, 0.3) is 0 Å². The second-order valence-corrected chi connectivity index (χ2v) is 5.14. The van der Waals surface area contributed by atoms with Crippen molar-refractivity contribution in [3.63, 3.8) is 0 Å². The number of hydrogen-bond donors (Lipinski definition) is 0. The molecular weight excluding hydrogens is 295 g/mol. The first-order chi connectivity index (χ1) is 9.61. The average Bonchev–Trinajstić information content (AvgIpc) is 2.53. The van der Waals surface area contributed by atoms with Gasteiger partial charge in [-0.15, -0.1) is 23.2 Å². The molecule has 4 heteroatoms. The standard InChI is InChI=1S/C16H12Cl2O2/c17-13(11-7-3-1-4-8-11)16(20)14(18)15(19)12-9-5-2-6-10-12/h1-10,13-14H. The van der Waals surface area contributed by atoms with E-state index in [9.17, 15) is 9.59 Å². The van der Waals surface area contributed by atoms with E-state index in [-0.39, 0.29) is 0 Å². The van der Waals surface area contributed by atoms with E-state index in [1.165, 1.54) is 0 Å². The molecule has 0 heterocycles. The van der Waals surface area contributed by atoms with Crippen LogP contribution in [-0.4, -0.2) is 16.9 Å². The van der Waals surface area contributed by atoms with Gasteiger partial charge in [-0.25, -0.2) is 0 Å². The second kappa shape index (κ2) is 6.69. The molecule has 2 aromatic rings. The van der Waals surface area contributed by atoms with Gasteiger partial charge in [0.05, 0.1) is 0 Å². The third kappa shape index (κ3) is 3.27. The van der Waals surface area contributed by atoms with Crippen molar-refractivity contribution in [2.45, 2.75) is 10.8 Å². The summed E-state index contributed by atoms with van der Waals surface area (Å²) in [5, 5.41) is -2.20. The molecule has 0 N–H and O–H groups in total. The fourth-order valence-electron chi connectivity index (χ4n) is 1.79. The summed E-state index contributed by atoms with van der Waals surface area (Å²) in [4.78, 5) is 24.3. The maximum absolute atomic E-state index is 12.2. The van der Waals surface area contributed by atoms with Crippen LogP contribution in [0.2, 0.25) is 0 Å². The topological polar surface area (TPSA) is 34.1 Å². The molecule has 2 unspecified atom stereocenters. The zero-order chi connectivity index (χ0) is 14.5. The predicted octanol–water partition coefficient (Wildman–Crippen LogP) is 4.03. The number of Topliss-reactive ketones (excluding diaryl/α,β-unsaturated/α-hetero) is 2. The Labute approximate surface area is 127 Å². The summed E-state index contributed by atoms with van der Waals surface area (Å²) in [5.41, 5.74) is 1.03. The van der Waals surface area contributed by atoms with Crippen LogP contribution in [0.5, 0.6) is 0 Å². The van der Waals surface area contributed by atoms with Gasteiger partial charge < -0.3 is 0 Å². The van der Waals surface area contributed by atoms with Gasteiger partial charge in [0.2, 0.25) is 0 Å². The van der Waals surface area contributed by atoms with Gasteiger partial charge in [-0.05, 0) is 5.56 Å². The maximum Gasteiger partial charge on any atom is 0.188 e. The monoisotopic (exact) mass is 306 g/mol. The van der Waals surface area contributed by atoms with Gasteiger partial charge in [0.25, 0.3) is 0 Å². The number of alkyl halides is 2. The van der Waals surface area contributed by atoms with Gasteiger partial charge in [0.1, 0.15) is 5.38 Å². The molecule has 0 amide bonds. The molecule has 2 nitrogen and oxygen atoms in total. The molecule has 0 saturated heterocycles. The molecule has 0 bridgehead atoms. The van der Waals surface area contributed by atoms with E-state index in [0.717, 1.165) is 0 Å². The summed E-state index contributed by atoms with van der Waals surface area (Å²) in [6.07, 6.45) is 0. The van der Waals surface area contributed by atoms with E-state index < -0.39 is 22.3 Å². The van der Waals surface area contributed by atoms with Crippen molar-refractivity contribution in [1.29, 1.82) is 0 Å². The van der Waals surface area contributed by atoms with Crippen molar-refractivity contribution in [3.05, 3.63) is 71.8 Å². The highest BCUT2D eigenvalue weighted by molar-refractivity contribution is 6.49. The summed E-state index contributed by atoms with van der Waals surface area (Å²) in [6, 6.07) is 17.3. The predicted molar refractivity (Wildman–Crippen MR) is 80.5 cm³/mol. The third-order valence-electron chi connectivity index (χ3n) is 2.88. The highest BCUT2D eigenvalue weighted by Crippen LogP contribution is 2.25. The number of benzene rings is 2. The van der Waals surface area contributed by atoms with Crippen molar-refractivity contribution in [1.82, 2.24) is 0 Å². The minimum absolute atomic E-state index is 0.401. The SMILES string of the molecule is O=C(c1ccccc1)C(Cl)C(=O)C(Cl)c1ccccc1. The molecule has 0 aromatic heterocycles. The third-order valence-corrected chi connectivity index (χ3v) is 3.76. The Kier molecular flexibility index (Phi) is 4.94. The van der Waals surface area contributed by atoms with Gasteiger partial charge in [0.15, 0.2) is 16.9 Å². The Bertz CT molecular complexity index is 596. The van der Waals surface area contributed by atoms with Gasteiger partial charge in [0, 0.05) is 5.56 Å².